The fourth-order valence-electron chi connectivity index (χ4n) is 2.97. The molecule has 3 nitrogen and oxygen atoms in total. The highest BCUT2D eigenvalue weighted by molar-refractivity contribution is 5.81. The summed E-state index contributed by atoms with van der Waals surface area (Å²) in [7, 11) is 0. The Labute approximate surface area is 114 Å². The van der Waals surface area contributed by atoms with E-state index in [-0.39, 0.29) is 6.10 Å². The van der Waals surface area contributed by atoms with Gasteiger partial charge in [-0.3, -0.25) is 4.79 Å². The van der Waals surface area contributed by atoms with Gasteiger partial charge in [0.15, 0.2) is 0 Å². The maximum atomic E-state index is 11.6. The van der Waals surface area contributed by atoms with E-state index in [1.165, 1.54) is 0 Å². The van der Waals surface area contributed by atoms with Crippen molar-refractivity contribution < 1.29 is 15.0 Å². The van der Waals surface area contributed by atoms with E-state index in [1.54, 1.807) is 6.92 Å². The van der Waals surface area contributed by atoms with Crippen LogP contribution in [-0.2, 0) is 16.6 Å². The van der Waals surface area contributed by atoms with Crippen molar-refractivity contribution in [2.45, 2.75) is 57.0 Å². The number of aliphatic hydroxyl groups excluding tert-OH is 1. The lowest BCUT2D eigenvalue weighted by Crippen LogP contribution is -2.32. The molecule has 0 amide bonds. The second-order valence-electron chi connectivity index (χ2n) is 5.68. The monoisotopic (exact) mass is 262 g/mol. The number of hydrogen-bond acceptors (Lipinski definition) is 2. The Kier molecular flexibility index (Phi) is 4.25. The van der Waals surface area contributed by atoms with Crippen LogP contribution in [0.5, 0.6) is 0 Å². The predicted molar refractivity (Wildman–Crippen MR) is 74.2 cm³/mol. The summed E-state index contributed by atoms with van der Waals surface area (Å²) in [6.07, 6.45) is 4.76. The van der Waals surface area contributed by atoms with Crippen molar-refractivity contribution in [3.05, 3.63) is 35.4 Å². The van der Waals surface area contributed by atoms with E-state index in [2.05, 4.69) is 0 Å². The number of hydrogen-bond donors (Lipinski definition) is 2. The van der Waals surface area contributed by atoms with Gasteiger partial charge in [-0.1, -0.05) is 37.1 Å². The van der Waals surface area contributed by atoms with Crippen molar-refractivity contribution in [2.75, 3.05) is 0 Å². The molecule has 104 valence electrons. The molecule has 0 spiro atoms. The maximum Gasteiger partial charge on any atom is 0.314 e. The van der Waals surface area contributed by atoms with Gasteiger partial charge in [0.25, 0.3) is 0 Å². The van der Waals surface area contributed by atoms with E-state index in [1.807, 2.05) is 24.3 Å². The zero-order valence-corrected chi connectivity index (χ0v) is 11.4. The second-order valence-corrected chi connectivity index (χ2v) is 5.68. The highest BCUT2D eigenvalue weighted by atomic mass is 16.4. The average Bonchev–Trinajstić information content (AvgIpc) is 2.87. The lowest BCUT2D eigenvalue weighted by Gasteiger charge is -2.24. The standard InChI is InChI=1S/C16H22O3/c1-12(17)4-5-13-6-8-14(9-7-13)16(15(18)19)10-2-3-11-16/h6-9,12,17H,2-5,10-11H2,1H3,(H,18,19). The van der Waals surface area contributed by atoms with Gasteiger partial charge in [0.1, 0.15) is 0 Å². The minimum absolute atomic E-state index is 0.292. The van der Waals surface area contributed by atoms with Gasteiger partial charge in [-0.2, -0.15) is 0 Å². The van der Waals surface area contributed by atoms with Crippen LogP contribution in [0.15, 0.2) is 24.3 Å². The van der Waals surface area contributed by atoms with E-state index in [9.17, 15) is 15.0 Å². The number of aryl methyl sites for hydroxylation is 1. The molecule has 0 aliphatic heterocycles. The van der Waals surface area contributed by atoms with Crippen molar-refractivity contribution in [2.24, 2.45) is 0 Å². The first-order valence-corrected chi connectivity index (χ1v) is 7.05. The smallest absolute Gasteiger partial charge is 0.314 e. The van der Waals surface area contributed by atoms with E-state index in [0.29, 0.717) is 0 Å². The van der Waals surface area contributed by atoms with Gasteiger partial charge in [0, 0.05) is 0 Å². The molecule has 19 heavy (non-hydrogen) atoms. The summed E-state index contributed by atoms with van der Waals surface area (Å²) in [6.45, 7) is 1.78. The molecule has 0 aromatic heterocycles. The average molecular weight is 262 g/mol. The largest absolute Gasteiger partial charge is 0.481 e. The number of carbonyl (C=O) groups is 1. The highest BCUT2D eigenvalue weighted by Gasteiger charge is 2.42. The number of aliphatic hydroxyl groups is 1. The van der Waals surface area contributed by atoms with Gasteiger partial charge >= 0.3 is 5.97 Å². The Morgan fingerprint density at radius 2 is 1.84 bits per heavy atom. The van der Waals surface area contributed by atoms with Crippen LogP contribution < -0.4 is 0 Å². The summed E-state index contributed by atoms with van der Waals surface area (Å²) in [5, 5.41) is 18.8. The number of benzene rings is 1. The Balaban J connectivity index is 2.15. The van der Waals surface area contributed by atoms with Gasteiger partial charge in [-0.25, -0.2) is 0 Å². The first-order chi connectivity index (χ1) is 9.04. The third kappa shape index (κ3) is 2.98. The van der Waals surface area contributed by atoms with Gasteiger partial charge < -0.3 is 10.2 Å². The van der Waals surface area contributed by atoms with E-state index < -0.39 is 11.4 Å². The third-order valence-electron chi connectivity index (χ3n) is 4.22. The van der Waals surface area contributed by atoms with Crippen LogP contribution in [-0.4, -0.2) is 22.3 Å². The van der Waals surface area contributed by atoms with Crippen LogP contribution in [0.1, 0.15) is 50.2 Å². The third-order valence-corrected chi connectivity index (χ3v) is 4.22. The van der Waals surface area contributed by atoms with Crippen molar-refractivity contribution in [3.8, 4) is 0 Å². The molecule has 1 aliphatic carbocycles. The summed E-state index contributed by atoms with van der Waals surface area (Å²) < 4.78 is 0. The Hall–Kier alpha value is -1.35. The summed E-state index contributed by atoms with van der Waals surface area (Å²) >= 11 is 0. The summed E-state index contributed by atoms with van der Waals surface area (Å²) in [5.74, 6) is -0.693. The van der Waals surface area contributed by atoms with E-state index in [4.69, 9.17) is 0 Å². The fraction of sp³-hybridized carbons (Fsp3) is 0.562. The maximum absolute atomic E-state index is 11.6. The lowest BCUT2D eigenvalue weighted by atomic mass is 9.78. The summed E-state index contributed by atoms with van der Waals surface area (Å²) in [4.78, 5) is 11.6. The Morgan fingerprint density at radius 3 is 2.32 bits per heavy atom. The van der Waals surface area contributed by atoms with Crippen molar-refractivity contribution in [1.29, 1.82) is 0 Å². The molecule has 2 N–H and O–H groups in total. The molecule has 3 heteroatoms. The molecule has 0 bridgehead atoms. The lowest BCUT2D eigenvalue weighted by molar-refractivity contribution is -0.143. The van der Waals surface area contributed by atoms with Gasteiger partial charge in [0.05, 0.1) is 11.5 Å². The van der Waals surface area contributed by atoms with Crippen molar-refractivity contribution in [3.63, 3.8) is 0 Å². The molecule has 2 rings (SSSR count). The molecule has 1 aromatic rings. The molecular formula is C16H22O3. The first kappa shape index (κ1) is 14.1. The normalized spacial score (nSPS) is 19.3. The van der Waals surface area contributed by atoms with Crippen LogP contribution in [0.25, 0.3) is 0 Å². The molecule has 1 aliphatic rings. The Bertz CT molecular complexity index is 428. The zero-order chi connectivity index (χ0) is 13.9. The molecule has 0 heterocycles. The molecule has 0 radical (unpaired) electrons. The summed E-state index contributed by atoms with van der Waals surface area (Å²) in [6, 6.07) is 7.91. The highest BCUT2D eigenvalue weighted by Crippen LogP contribution is 2.41. The number of carboxylic acid groups (broad SMARTS) is 1. The SMILES string of the molecule is CC(O)CCc1ccc(C2(C(=O)O)CCCC2)cc1. The minimum Gasteiger partial charge on any atom is -0.481 e. The van der Waals surface area contributed by atoms with Gasteiger partial charge in [0.2, 0.25) is 0 Å². The van der Waals surface area contributed by atoms with Crippen molar-refractivity contribution in [1.82, 2.24) is 0 Å². The molecule has 0 saturated heterocycles. The topological polar surface area (TPSA) is 57.5 Å². The van der Waals surface area contributed by atoms with Crippen LogP contribution in [0.4, 0.5) is 0 Å². The Morgan fingerprint density at radius 1 is 1.26 bits per heavy atom. The molecular weight excluding hydrogens is 240 g/mol. The van der Waals surface area contributed by atoms with Gasteiger partial charge in [-0.15, -0.1) is 0 Å². The second kappa shape index (κ2) is 5.74. The van der Waals surface area contributed by atoms with Crippen LogP contribution >= 0.6 is 0 Å². The number of aliphatic carboxylic acids is 1. The molecule has 1 fully saturated rings. The number of rotatable bonds is 5. The van der Waals surface area contributed by atoms with E-state index in [0.717, 1.165) is 49.7 Å². The zero-order valence-electron chi connectivity index (χ0n) is 11.4. The minimum atomic E-state index is -0.693. The molecule has 1 atom stereocenters. The fourth-order valence-corrected chi connectivity index (χ4v) is 2.97. The van der Waals surface area contributed by atoms with Crippen LogP contribution in [0.3, 0.4) is 0 Å². The van der Waals surface area contributed by atoms with E-state index >= 15 is 0 Å². The quantitative estimate of drug-likeness (QED) is 0.857. The van der Waals surface area contributed by atoms with Crippen molar-refractivity contribution >= 4 is 5.97 Å². The van der Waals surface area contributed by atoms with Crippen LogP contribution in [0.2, 0.25) is 0 Å². The molecule has 1 saturated carbocycles. The predicted octanol–water partition coefficient (Wildman–Crippen LogP) is 2.90. The molecule has 1 unspecified atom stereocenters. The van der Waals surface area contributed by atoms with Crippen LogP contribution in [0, 0.1) is 0 Å². The first-order valence-electron chi connectivity index (χ1n) is 7.05. The number of carboxylic acids is 1. The summed E-state index contributed by atoms with van der Waals surface area (Å²) in [5.41, 5.74) is 1.42. The van der Waals surface area contributed by atoms with Gasteiger partial charge in [-0.05, 0) is 43.7 Å². The molecule has 1 aromatic carbocycles.